The van der Waals surface area contributed by atoms with Crippen LogP contribution in [0.3, 0.4) is 0 Å². The Bertz CT molecular complexity index is 285. The van der Waals surface area contributed by atoms with Crippen LogP contribution in [0, 0.1) is 6.92 Å². The van der Waals surface area contributed by atoms with Gasteiger partial charge in [0, 0.05) is 6.54 Å². The fraction of sp³-hybridized carbons (Fsp3) is 0.273. The molecule has 0 aliphatic carbocycles. The number of alkyl carbamates (subject to hydrolysis) is 1. The van der Waals surface area contributed by atoms with Crippen LogP contribution in [0.4, 0.5) is 4.79 Å². The van der Waals surface area contributed by atoms with E-state index in [4.69, 9.17) is 4.74 Å². The van der Waals surface area contributed by atoms with Crippen LogP contribution in [0.5, 0.6) is 0 Å². The minimum absolute atomic E-state index is 0.434. The van der Waals surface area contributed by atoms with Crippen LogP contribution < -0.4 is 5.32 Å². The summed E-state index contributed by atoms with van der Waals surface area (Å²) in [4.78, 5) is 11.1. The molecule has 1 amide bonds. The lowest BCUT2D eigenvalue weighted by Gasteiger charge is -2.13. The predicted octanol–water partition coefficient (Wildman–Crippen LogP) is 2.31. The zero-order chi connectivity index (χ0) is 10.4. The third kappa shape index (κ3) is 3.09. The molecule has 0 aliphatic heterocycles. The molecular formula is C11H14NO2. The normalized spacial score (nSPS) is 11.9. The Morgan fingerprint density at radius 3 is 2.71 bits per heavy atom. The van der Waals surface area contributed by atoms with E-state index in [1.807, 2.05) is 37.3 Å². The van der Waals surface area contributed by atoms with Gasteiger partial charge in [-0.3, -0.25) is 0 Å². The molecule has 0 saturated carbocycles. The summed E-state index contributed by atoms with van der Waals surface area (Å²) in [5.74, 6) is 0. The van der Waals surface area contributed by atoms with E-state index < -0.39 is 12.2 Å². The molecule has 1 rings (SSSR count). The van der Waals surface area contributed by atoms with Crippen molar-refractivity contribution in [1.82, 2.24) is 5.32 Å². The van der Waals surface area contributed by atoms with Crippen molar-refractivity contribution in [3.63, 3.8) is 0 Å². The lowest BCUT2D eigenvalue weighted by molar-refractivity contribution is 0.119. The van der Waals surface area contributed by atoms with E-state index in [1.54, 1.807) is 0 Å². The summed E-state index contributed by atoms with van der Waals surface area (Å²) >= 11 is 0. The Labute approximate surface area is 84.1 Å². The largest absolute Gasteiger partial charge is 0.441 e. The van der Waals surface area contributed by atoms with E-state index in [0.717, 1.165) is 5.56 Å². The van der Waals surface area contributed by atoms with Gasteiger partial charge in [0.15, 0.2) is 0 Å². The van der Waals surface area contributed by atoms with Gasteiger partial charge < -0.3 is 10.1 Å². The first-order chi connectivity index (χ1) is 6.74. The smallest absolute Gasteiger partial charge is 0.407 e. The molecule has 1 aromatic rings. The molecule has 0 aliphatic rings. The fourth-order valence-electron chi connectivity index (χ4n) is 1.05. The van der Waals surface area contributed by atoms with Crippen molar-refractivity contribution in [3.05, 3.63) is 42.8 Å². The minimum Gasteiger partial charge on any atom is -0.441 e. The van der Waals surface area contributed by atoms with Crippen LogP contribution in [-0.2, 0) is 4.74 Å². The molecule has 3 nitrogen and oxygen atoms in total. The second-order valence-corrected chi connectivity index (χ2v) is 2.83. The number of ether oxygens (including phenoxy) is 1. The van der Waals surface area contributed by atoms with Crippen LogP contribution in [0.25, 0.3) is 0 Å². The quantitative estimate of drug-likeness (QED) is 0.798. The zero-order valence-electron chi connectivity index (χ0n) is 8.19. The van der Waals surface area contributed by atoms with Crippen LogP contribution in [0.1, 0.15) is 18.6 Å². The third-order valence-electron chi connectivity index (χ3n) is 1.74. The van der Waals surface area contributed by atoms with Gasteiger partial charge in [-0.2, -0.15) is 0 Å². The molecule has 1 atom stereocenters. The van der Waals surface area contributed by atoms with Crippen molar-refractivity contribution < 1.29 is 9.53 Å². The maximum Gasteiger partial charge on any atom is 0.407 e. The Hall–Kier alpha value is -1.51. The number of amides is 1. The van der Waals surface area contributed by atoms with Crippen LogP contribution in [0.2, 0.25) is 0 Å². The summed E-state index contributed by atoms with van der Waals surface area (Å²) in [5, 5.41) is 2.55. The lowest BCUT2D eigenvalue weighted by atomic mass is 10.1. The molecule has 0 fully saturated rings. The molecule has 0 bridgehead atoms. The summed E-state index contributed by atoms with van der Waals surface area (Å²) in [6.45, 7) is 6.14. The Kier molecular flexibility index (Phi) is 3.98. The van der Waals surface area contributed by atoms with Crippen LogP contribution in [-0.4, -0.2) is 12.6 Å². The number of rotatable bonds is 3. The van der Waals surface area contributed by atoms with Gasteiger partial charge in [0.2, 0.25) is 0 Å². The first kappa shape index (κ1) is 10.6. The maximum atomic E-state index is 11.1. The highest BCUT2D eigenvalue weighted by Crippen LogP contribution is 2.14. The predicted molar refractivity (Wildman–Crippen MR) is 54.7 cm³/mol. The number of hydrogen-bond donors (Lipinski definition) is 1. The molecule has 75 valence electrons. The topological polar surface area (TPSA) is 38.3 Å². The van der Waals surface area contributed by atoms with Gasteiger partial charge in [-0.15, -0.1) is 0 Å². The van der Waals surface area contributed by atoms with Gasteiger partial charge in [-0.25, -0.2) is 4.79 Å². The van der Waals surface area contributed by atoms with Crippen molar-refractivity contribution >= 4 is 6.09 Å². The van der Waals surface area contributed by atoms with E-state index in [-0.39, 0.29) is 0 Å². The third-order valence-corrected chi connectivity index (χ3v) is 1.74. The number of carbonyl (C=O) groups excluding carboxylic acids is 1. The van der Waals surface area contributed by atoms with Crippen LogP contribution >= 0.6 is 0 Å². The van der Waals surface area contributed by atoms with Crippen LogP contribution in [0.15, 0.2) is 30.3 Å². The molecule has 1 N–H and O–H groups in total. The van der Waals surface area contributed by atoms with E-state index in [1.165, 1.54) is 0 Å². The van der Waals surface area contributed by atoms with Gasteiger partial charge in [0.25, 0.3) is 0 Å². The zero-order valence-corrected chi connectivity index (χ0v) is 8.19. The SMILES string of the molecule is [CH2]C(OC(=O)NCC)c1ccccc1. The highest BCUT2D eigenvalue weighted by Gasteiger charge is 2.09. The summed E-state index contributed by atoms with van der Waals surface area (Å²) in [6, 6.07) is 9.42. The number of benzene rings is 1. The van der Waals surface area contributed by atoms with Crippen molar-refractivity contribution in [2.24, 2.45) is 0 Å². The van der Waals surface area contributed by atoms with Gasteiger partial charge >= 0.3 is 6.09 Å². The second kappa shape index (κ2) is 5.27. The van der Waals surface area contributed by atoms with Gasteiger partial charge in [-0.05, 0) is 19.4 Å². The molecule has 0 heterocycles. The summed E-state index contributed by atoms with van der Waals surface area (Å²) in [7, 11) is 0. The standard InChI is InChI=1S/C11H14NO2/c1-3-12-11(13)14-9(2)10-7-5-4-6-8-10/h4-9H,2-3H2,1H3,(H,12,13). The molecule has 1 radical (unpaired) electrons. The fourth-order valence-corrected chi connectivity index (χ4v) is 1.05. The van der Waals surface area contributed by atoms with Crippen molar-refractivity contribution in [1.29, 1.82) is 0 Å². The van der Waals surface area contributed by atoms with E-state index in [9.17, 15) is 4.79 Å². The van der Waals surface area contributed by atoms with Crippen molar-refractivity contribution in [2.45, 2.75) is 13.0 Å². The van der Waals surface area contributed by atoms with Crippen molar-refractivity contribution in [2.75, 3.05) is 6.54 Å². The highest BCUT2D eigenvalue weighted by atomic mass is 16.6. The maximum absolute atomic E-state index is 11.1. The van der Waals surface area contributed by atoms with E-state index in [2.05, 4.69) is 12.2 Å². The first-order valence-electron chi connectivity index (χ1n) is 4.56. The summed E-state index contributed by atoms with van der Waals surface area (Å²) in [6.07, 6.45) is -0.890. The molecule has 0 aromatic heterocycles. The summed E-state index contributed by atoms with van der Waals surface area (Å²) in [5.41, 5.74) is 0.888. The molecule has 0 spiro atoms. The van der Waals surface area contributed by atoms with E-state index >= 15 is 0 Å². The average molecular weight is 192 g/mol. The Morgan fingerprint density at radius 2 is 2.14 bits per heavy atom. The van der Waals surface area contributed by atoms with Crippen molar-refractivity contribution in [3.8, 4) is 0 Å². The Balaban J connectivity index is 2.50. The molecule has 3 heteroatoms. The summed E-state index contributed by atoms with van der Waals surface area (Å²) < 4.78 is 5.02. The van der Waals surface area contributed by atoms with Gasteiger partial charge in [0.1, 0.15) is 6.10 Å². The van der Waals surface area contributed by atoms with E-state index in [0.29, 0.717) is 6.54 Å². The number of carbonyl (C=O) groups is 1. The molecule has 14 heavy (non-hydrogen) atoms. The monoisotopic (exact) mass is 192 g/mol. The minimum atomic E-state index is -0.456. The van der Waals surface area contributed by atoms with Gasteiger partial charge in [-0.1, -0.05) is 30.3 Å². The lowest BCUT2D eigenvalue weighted by Crippen LogP contribution is -2.24. The average Bonchev–Trinajstić information content (AvgIpc) is 2.19. The molecule has 1 unspecified atom stereocenters. The highest BCUT2D eigenvalue weighted by molar-refractivity contribution is 5.67. The molecule has 1 aromatic carbocycles. The Morgan fingerprint density at radius 1 is 1.50 bits per heavy atom. The van der Waals surface area contributed by atoms with Gasteiger partial charge in [0.05, 0.1) is 0 Å². The first-order valence-corrected chi connectivity index (χ1v) is 4.56. The molecular weight excluding hydrogens is 178 g/mol. The number of hydrogen-bond acceptors (Lipinski definition) is 2. The molecule has 0 saturated heterocycles. The number of nitrogens with one attached hydrogen (secondary N) is 1. The second-order valence-electron chi connectivity index (χ2n) is 2.83.